The van der Waals surface area contributed by atoms with Crippen molar-refractivity contribution in [1.29, 1.82) is 0 Å². The molecule has 1 aromatic carbocycles. The van der Waals surface area contributed by atoms with Crippen LogP contribution >= 0.6 is 11.8 Å². The zero-order valence-electron chi connectivity index (χ0n) is 14.2. The molecular formula is C17H22O6S. The van der Waals surface area contributed by atoms with Crippen LogP contribution in [0.2, 0.25) is 0 Å². The Hall–Kier alpha value is -1.73. The largest absolute Gasteiger partial charge is 0.497 e. The number of hydrogen-bond acceptors (Lipinski definition) is 7. The Morgan fingerprint density at radius 3 is 2.29 bits per heavy atom. The number of ether oxygens (including phenoxy) is 4. The molecule has 1 saturated heterocycles. The van der Waals surface area contributed by atoms with Gasteiger partial charge in [0.1, 0.15) is 17.3 Å². The summed E-state index contributed by atoms with van der Waals surface area (Å²) in [5.41, 5.74) is -0.204. The molecule has 0 amide bonds. The summed E-state index contributed by atoms with van der Waals surface area (Å²) in [4.78, 5) is 23.7. The van der Waals surface area contributed by atoms with Crippen LogP contribution in [0.5, 0.6) is 5.75 Å². The first kappa shape index (κ1) is 18.6. The highest BCUT2D eigenvalue weighted by molar-refractivity contribution is 7.99. The molecule has 0 aromatic heterocycles. The SMILES string of the molecule is COc1ccc(SC2C[C@H](OC(C)=O)[C@H](OC(C)=O)[C@H](C)O2)cc1. The Morgan fingerprint density at radius 2 is 1.75 bits per heavy atom. The molecule has 0 N–H and O–H groups in total. The molecule has 0 radical (unpaired) electrons. The molecule has 0 bridgehead atoms. The highest BCUT2D eigenvalue weighted by Crippen LogP contribution is 2.35. The third-order valence-corrected chi connectivity index (χ3v) is 4.68. The van der Waals surface area contributed by atoms with Gasteiger partial charge in [0, 0.05) is 25.2 Å². The third-order valence-electron chi connectivity index (χ3n) is 3.57. The molecule has 24 heavy (non-hydrogen) atoms. The predicted molar refractivity (Wildman–Crippen MR) is 88.9 cm³/mol. The van der Waals surface area contributed by atoms with Crippen LogP contribution in [0.4, 0.5) is 0 Å². The van der Waals surface area contributed by atoms with Gasteiger partial charge in [-0.1, -0.05) is 11.8 Å². The molecule has 6 nitrogen and oxygen atoms in total. The zero-order valence-corrected chi connectivity index (χ0v) is 15.0. The number of hydrogen-bond donors (Lipinski definition) is 0. The molecule has 0 spiro atoms. The van der Waals surface area contributed by atoms with Crippen molar-refractivity contribution in [2.75, 3.05) is 7.11 Å². The topological polar surface area (TPSA) is 71.1 Å². The maximum atomic E-state index is 11.4. The Balaban J connectivity index is 2.06. The smallest absolute Gasteiger partial charge is 0.303 e. The lowest BCUT2D eigenvalue weighted by molar-refractivity contribution is -0.194. The normalized spacial score (nSPS) is 26.5. The van der Waals surface area contributed by atoms with E-state index >= 15 is 0 Å². The zero-order chi connectivity index (χ0) is 17.7. The molecule has 4 atom stereocenters. The highest BCUT2D eigenvalue weighted by Gasteiger charge is 2.41. The third kappa shape index (κ3) is 5.14. The van der Waals surface area contributed by atoms with Crippen molar-refractivity contribution in [1.82, 2.24) is 0 Å². The molecule has 1 heterocycles. The number of thioether (sulfide) groups is 1. The van der Waals surface area contributed by atoms with Crippen molar-refractivity contribution >= 4 is 23.7 Å². The summed E-state index contributed by atoms with van der Waals surface area (Å²) in [6.45, 7) is 4.48. The van der Waals surface area contributed by atoms with Crippen LogP contribution in [0, 0.1) is 0 Å². The Kier molecular flexibility index (Phi) is 6.51. The summed E-state index contributed by atoms with van der Waals surface area (Å²) in [5.74, 6) is -0.0432. The van der Waals surface area contributed by atoms with E-state index in [0.717, 1.165) is 10.6 Å². The summed E-state index contributed by atoms with van der Waals surface area (Å²) in [6.07, 6.45) is -1.05. The standard InChI is InChI=1S/C17H22O6S/c1-10-17(23-12(3)19)15(22-11(2)18)9-16(21-10)24-14-7-5-13(20-4)6-8-14/h5-8,10,15-17H,9H2,1-4H3/t10-,15-,16?,17+/m0/s1. The van der Waals surface area contributed by atoms with Gasteiger partial charge in [-0.3, -0.25) is 9.59 Å². The van der Waals surface area contributed by atoms with E-state index in [0.29, 0.717) is 6.42 Å². The van der Waals surface area contributed by atoms with Crippen LogP contribution < -0.4 is 4.74 Å². The first-order chi connectivity index (χ1) is 11.4. The van der Waals surface area contributed by atoms with Gasteiger partial charge >= 0.3 is 11.9 Å². The molecule has 2 rings (SSSR count). The fraction of sp³-hybridized carbons (Fsp3) is 0.529. The van der Waals surface area contributed by atoms with Gasteiger partial charge in [0.2, 0.25) is 0 Å². The summed E-state index contributed by atoms with van der Waals surface area (Å²) in [5, 5.41) is 0. The van der Waals surface area contributed by atoms with Gasteiger partial charge in [0.25, 0.3) is 0 Å². The van der Waals surface area contributed by atoms with Crippen molar-refractivity contribution in [3.8, 4) is 5.75 Å². The Labute approximate surface area is 145 Å². The quantitative estimate of drug-likeness (QED) is 0.753. The van der Waals surface area contributed by atoms with Crippen molar-refractivity contribution in [3.05, 3.63) is 24.3 Å². The average molecular weight is 354 g/mol. The van der Waals surface area contributed by atoms with Crippen LogP contribution in [0.15, 0.2) is 29.2 Å². The molecule has 1 fully saturated rings. The summed E-state index contributed by atoms with van der Waals surface area (Å²) in [7, 11) is 1.62. The van der Waals surface area contributed by atoms with E-state index in [9.17, 15) is 9.59 Å². The fourth-order valence-corrected chi connectivity index (χ4v) is 3.69. The number of carbonyl (C=O) groups excluding carboxylic acids is 2. The van der Waals surface area contributed by atoms with Gasteiger partial charge in [-0.05, 0) is 31.2 Å². The minimum Gasteiger partial charge on any atom is -0.497 e. The molecule has 1 aliphatic rings. The van der Waals surface area contributed by atoms with Crippen molar-refractivity contribution in [2.24, 2.45) is 0 Å². The minimum atomic E-state index is -0.598. The van der Waals surface area contributed by atoms with Crippen molar-refractivity contribution in [3.63, 3.8) is 0 Å². The molecular weight excluding hydrogens is 332 g/mol. The first-order valence-corrected chi connectivity index (χ1v) is 8.57. The van der Waals surface area contributed by atoms with Gasteiger partial charge in [-0.25, -0.2) is 0 Å². The summed E-state index contributed by atoms with van der Waals surface area (Å²) in [6, 6.07) is 7.63. The van der Waals surface area contributed by atoms with E-state index in [-0.39, 0.29) is 11.5 Å². The second kappa shape index (κ2) is 8.39. The maximum Gasteiger partial charge on any atom is 0.303 e. The molecule has 7 heteroatoms. The van der Waals surface area contributed by atoms with Crippen molar-refractivity contribution in [2.45, 2.75) is 55.8 Å². The van der Waals surface area contributed by atoms with E-state index < -0.39 is 24.1 Å². The van der Waals surface area contributed by atoms with Crippen LogP contribution in [0.25, 0.3) is 0 Å². The van der Waals surface area contributed by atoms with Gasteiger partial charge < -0.3 is 18.9 Å². The Bertz CT molecular complexity index is 573. The number of benzene rings is 1. The monoisotopic (exact) mass is 354 g/mol. The lowest BCUT2D eigenvalue weighted by Gasteiger charge is -2.38. The maximum absolute atomic E-state index is 11.4. The first-order valence-electron chi connectivity index (χ1n) is 7.69. The number of carbonyl (C=O) groups is 2. The van der Waals surface area contributed by atoms with E-state index in [1.807, 2.05) is 31.2 Å². The van der Waals surface area contributed by atoms with E-state index in [2.05, 4.69) is 0 Å². The molecule has 132 valence electrons. The Morgan fingerprint density at radius 1 is 1.12 bits per heavy atom. The molecule has 1 aromatic rings. The van der Waals surface area contributed by atoms with Crippen LogP contribution in [0.1, 0.15) is 27.2 Å². The number of rotatable bonds is 5. The van der Waals surface area contributed by atoms with E-state index in [1.165, 1.54) is 25.6 Å². The lowest BCUT2D eigenvalue weighted by atomic mass is 10.0. The summed E-state index contributed by atoms with van der Waals surface area (Å²) >= 11 is 1.53. The van der Waals surface area contributed by atoms with Crippen LogP contribution in [-0.2, 0) is 23.8 Å². The minimum absolute atomic E-state index is 0.204. The predicted octanol–water partition coefficient (Wildman–Crippen LogP) is 2.79. The van der Waals surface area contributed by atoms with Crippen LogP contribution in [0.3, 0.4) is 0 Å². The molecule has 0 saturated carbocycles. The van der Waals surface area contributed by atoms with Crippen LogP contribution in [-0.4, -0.2) is 42.8 Å². The van der Waals surface area contributed by atoms with E-state index in [1.54, 1.807) is 7.11 Å². The number of methoxy groups -OCH3 is 1. The molecule has 1 unspecified atom stereocenters. The molecule has 1 aliphatic heterocycles. The van der Waals surface area contributed by atoms with Crippen molar-refractivity contribution < 1.29 is 28.5 Å². The van der Waals surface area contributed by atoms with Gasteiger partial charge in [-0.15, -0.1) is 0 Å². The number of esters is 2. The fourth-order valence-electron chi connectivity index (χ4n) is 2.57. The van der Waals surface area contributed by atoms with Gasteiger partial charge in [0.15, 0.2) is 6.10 Å². The summed E-state index contributed by atoms with van der Waals surface area (Å²) < 4.78 is 21.7. The van der Waals surface area contributed by atoms with E-state index in [4.69, 9.17) is 18.9 Å². The highest BCUT2D eigenvalue weighted by atomic mass is 32.2. The second-order valence-electron chi connectivity index (χ2n) is 5.52. The lowest BCUT2D eigenvalue weighted by Crippen LogP contribution is -2.49. The van der Waals surface area contributed by atoms with Gasteiger partial charge in [-0.2, -0.15) is 0 Å². The van der Waals surface area contributed by atoms with Gasteiger partial charge in [0.05, 0.1) is 13.2 Å². The second-order valence-corrected chi connectivity index (χ2v) is 6.75. The molecule has 0 aliphatic carbocycles. The average Bonchev–Trinajstić information content (AvgIpc) is 2.51.